The van der Waals surface area contributed by atoms with Crippen molar-refractivity contribution in [3.05, 3.63) is 29.0 Å². The maximum absolute atomic E-state index is 13.3. The summed E-state index contributed by atoms with van der Waals surface area (Å²) in [5, 5.41) is 13.7. The number of amides is 2. The number of benzene rings is 1. The molecule has 0 aliphatic rings. The molecule has 0 saturated heterocycles. The number of anilines is 1. The lowest BCUT2D eigenvalue weighted by Gasteiger charge is -2.08. The van der Waals surface area contributed by atoms with E-state index in [0.29, 0.717) is 24.6 Å². The lowest BCUT2D eigenvalue weighted by atomic mass is 10.3. The van der Waals surface area contributed by atoms with Gasteiger partial charge in [0, 0.05) is 18.2 Å². The summed E-state index contributed by atoms with van der Waals surface area (Å²) in [5.41, 5.74) is 0.0292. The zero-order valence-corrected chi connectivity index (χ0v) is 11.0. The lowest BCUT2D eigenvalue weighted by molar-refractivity contribution is 0.0910. The maximum atomic E-state index is 13.3. The summed E-state index contributed by atoms with van der Waals surface area (Å²) in [6.07, 6.45) is 0.603. The summed E-state index contributed by atoms with van der Waals surface area (Å²) in [7, 11) is 0. The minimum Gasteiger partial charge on any atom is -0.394 e. The van der Waals surface area contributed by atoms with Crippen LogP contribution in [0.15, 0.2) is 18.2 Å². The first-order valence-corrected chi connectivity index (χ1v) is 6.20. The first kappa shape index (κ1) is 15.7. The highest BCUT2D eigenvalue weighted by atomic mass is 35.5. The largest absolute Gasteiger partial charge is 0.394 e. The summed E-state index contributed by atoms with van der Waals surface area (Å²) < 4.78 is 18.3. The Morgan fingerprint density at radius 3 is 2.95 bits per heavy atom. The molecule has 1 rings (SSSR count). The van der Waals surface area contributed by atoms with Gasteiger partial charge in [0.1, 0.15) is 5.82 Å². The molecule has 0 atom stereocenters. The van der Waals surface area contributed by atoms with E-state index < -0.39 is 11.8 Å². The Morgan fingerprint density at radius 1 is 1.42 bits per heavy atom. The Bertz CT molecular complexity index is 418. The molecule has 106 valence electrons. The standard InChI is InChI=1S/C12H16ClFN2O3/c13-9-2-3-10(14)11(8-9)16-12(18)15-4-1-6-19-7-5-17/h2-3,8,17H,1,4-7H2,(H2,15,16,18). The molecule has 19 heavy (non-hydrogen) atoms. The highest BCUT2D eigenvalue weighted by Gasteiger charge is 2.06. The van der Waals surface area contributed by atoms with Crippen molar-refractivity contribution in [2.24, 2.45) is 0 Å². The number of halogens is 2. The van der Waals surface area contributed by atoms with Crippen molar-refractivity contribution in [3.63, 3.8) is 0 Å². The smallest absolute Gasteiger partial charge is 0.319 e. The maximum Gasteiger partial charge on any atom is 0.319 e. The molecule has 2 amide bonds. The Labute approximate surface area is 115 Å². The van der Waals surface area contributed by atoms with Crippen LogP contribution in [-0.4, -0.2) is 37.5 Å². The van der Waals surface area contributed by atoms with Crippen molar-refractivity contribution < 1.29 is 19.0 Å². The fourth-order valence-corrected chi connectivity index (χ4v) is 1.47. The molecule has 1 aromatic rings. The quantitative estimate of drug-likeness (QED) is 0.673. The van der Waals surface area contributed by atoms with Crippen LogP contribution in [0.4, 0.5) is 14.9 Å². The second-order valence-corrected chi connectivity index (χ2v) is 4.13. The first-order chi connectivity index (χ1) is 9.13. The number of hydrogen-bond acceptors (Lipinski definition) is 3. The second kappa shape index (κ2) is 8.68. The van der Waals surface area contributed by atoms with E-state index in [1.807, 2.05) is 0 Å². The van der Waals surface area contributed by atoms with Crippen LogP contribution in [0.3, 0.4) is 0 Å². The molecule has 0 bridgehead atoms. The van der Waals surface area contributed by atoms with Gasteiger partial charge in [-0.25, -0.2) is 9.18 Å². The molecule has 0 radical (unpaired) electrons. The summed E-state index contributed by atoms with van der Waals surface area (Å²) in [4.78, 5) is 11.5. The third-order valence-corrected chi connectivity index (χ3v) is 2.40. The van der Waals surface area contributed by atoms with Crippen molar-refractivity contribution in [3.8, 4) is 0 Å². The van der Waals surface area contributed by atoms with E-state index >= 15 is 0 Å². The van der Waals surface area contributed by atoms with Crippen molar-refractivity contribution in [2.45, 2.75) is 6.42 Å². The van der Waals surface area contributed by atoms with Crippen LogP contribution in [0.1, 0.15) is 6.42 Å². The fraction of sp³-hybridized carbons (Fsp3) is 0.417. The lowest BCUT2D eigenvalue weighted by Crippen LogP contribution is -2.30. The molecule has 0 unspecified atom stereocenters. The summed E-state index contributed by atoms with van der Waals surface area (Å²) in [5.74, 6) is -0.550. The van der Waals surface area contributed by atoms with Crippen LogP contribution in [0.5, 0.6) is 0 Å². The van der Waals surface area contributed by atoms with E-state index in [9.17, 15) is 9.18 Å². The number of ether oxygens (including phenoxy) is 1. The van der Waals surface area contributed by atoms with E-state index in [1.54, 1.807) is 0 Å². The van der Waals surface area contributed by atoms with Gasteiger partial charge in [0.15, 0.2) is 0 Å². The van der Waals surface area contributed by atoms with Crippen LogP contribution in [0.25, 0.3) is 0 Å². The van der Waals surface area contributed by atoms with Crippen molar-refractivity contribution in [1.82, 2.24) is 5.32 Å². The fourth-order valence-electron chi connectivity index (χ4n) is 1.30. The van der Waals surface area contributed by atoms with Crippen molar-refractivity contribution in [2.75, 3.05) is 31.7 Å². The Morgan fingerprint density at radius 2 is 2.21 bits per heavy atom. The van der Waals surface area contributed by atoms with Gasteiger partial charge < -0.3 is 20.5 Å². The van der Waals surface area contributed by atoms with Crippen LogP contribution in [-0.2, 0) is 4.74 Å². The molecule has 0 aromatic heterocycles. The number of aliphatic hydroxyl groups excluding tert-OH is 1. The summed E-state index contributed by atoms with van der Waals surface area (Å²) in [6, 6.07) is 3.41. The zero-order valence-electron chi connectivity index (χ0n) is 10.3. The number of urea groups is 1. The van der Waals surface area contributed by atoms with Crippen molar-refractivity contribution in [1.29, 1.82) is 0 Å². The predicted octanol–water partition coefficient (Wildman–Crippen LogP) is 2.00. The van der Waals surface area contributed by atoms with Gasteiger partial charge in [-0.15, -0.1) is 0 Å². The zero-order chi connectivity index (χ0) is 14.1. The normalized spacial score (nSPS) is 10.3. The monoisotopic (exact) mass is 290 g/mol. The van der Waals surface area contributed by atoms with E-state index in [4.69, 9.17) is 21.4 Å². The van der Waals surface area contributed by atoms with Gasteiger partial charge in [-0.1, -0.05) is 11.6 Å². The molecule has 0 aliphatic carbocycles. The number of rotatable bonds is 7. The molecule has 7 heteroatoms. The minimum atomic E-state index is -0.550. The van der Waals surface area contributed by atoms with E-state index in [2.05, 4.69) is 10.6 Å². The van der Waals surface area contributed by atoms with Gasteiger partial charge in [0.05, 0.1) is 18.9 Å². The molecule has 0 heterocycles. The molecule has 3 N–H and O–H groups in total. The molecule has 0 saturated carbocycles. The van der Waals surface area contributed by atoms with E-state index in [-0.39, 0.29) is 18.9 Å². The Hall–Kier alpha value is -1.37. The van der Waals surface area contributed by atoms with E-state index in [0.717, 1.165) is 0 Å². The molecular formula is C12H16ClFN2O3. The summed E-state index contributed by atoms with van der Waals surface area (Å²) >= 11 is 5.70. The predicted molar refractivity (Wildman–Crippen MR) is 71.0 cm³/mol. The van der Waals surface area contributed by atoms with Gasteiger partial charge >= 0.3 is 6.03 Å². The Kier molecular flexibility index (Phi) is 7.17. The SMILES string of the molecule is O=C(NCCCOCCO)Nc1cc(Cl)ccc1F. The third kappa shape index (κ3) is 6.37. The highest BCUT2D eigenvalue weighted by Crippen LogP contribution is 2.19. The summed E-state index contributed by atoms with van der Waals surface area (Å²) in [6.45, 7) is 1.08. The second-order valence-electron chi connectivity index (χ2n) is 3.69. The number of carbonyl (C=O) groups excluding carboxylic acids is 1. The average Bonchev–Trinajstić information content (AvgIpc) is 2.38. The van der Waals surface area contributed by atoms with Crippen LogP contribution in [0, 0.1) is 5.82 Å². The molecular weight excluding hydrogens is 275 g/mol. The Balaban J connectivity index is 2.25. The first-order valence-electron chi connectivity index (χ1n) is 5.82. The number of hydrogen-bond donors (Lipinski definition) is 3. The number of carbonyl (C=O) groups is 1. The average molecular weight is 291 g/mol. The van der Waals surface area contributed by atoms with E-state index in [1.165, 1.54) is 18.2 Å². The van der Waals surface area contributed by atoms with Gasteiger partial charge in [-0.2, -0.15) is 0 Å². The third-order valence-electron chi connectivity index (χ3n) is 2.16. The molecule has 0 fully saturated rings. The van der Waals surface area contributed by atoms with Gasteiger partial charge in [-0.3, -0.25) is 0 Å². The van der Waals surface area contributed by atoms with Gasteiger partial charge in [0.2, 0.25) is 0 Å². The molecule has 0 spiro atoms. The van der Waals surface area contributed by atoms with Gasteiger partial charge in [0.25, 0.3) is 0 Å². The molecule has 0 aliphatic heterocycles. The van der Waals surface area contributed by atoms with Gasteiger partial charge in [-0.05, 0) is 24.6 Å². The van der Waals surface area contributed by atoms with Crippen LogP contribution < -0.4 is 10.6 Å². The topological polar surface area (TPSA) is 70.6 Å². The van der Waals surface area contributed by atoms with Crippen LogP contribution >= 0.6 is 11.6 Å². The van der Waals surface area contributed by atoms with Crippen molar-refractivity contribution >= 4 is 23.3 Å². The number of aliphatic hydroxyl groups is 1. The highest BCUT2D eigenvalue weighted by molar-refractivity contribution is 6.30. The van der Waals surface area contributed by atoms with Crippen LogP contribution in [0.2, 0.25) is 5.02 Å². The molecule has 1 aromatic carbocycles. The number of nitrogens with one attached hydrogen (secondary N) is 2. The minimum absolute atomic E-state index is 0.0258. The molecule has 5 nitrogen and oxygen atoms in total.